The Bertz CT molecular complexity index is 1250. The third-order valence-electron chi connectivity index (χ3n) is 7.33. The highest BCUT2D eigenvalue weighted by atomic mass is 32.2. The van der Waals surface area contributed by atoms with E-state index in [1.54, 1.807) is 24.3 Å². The number of hydrogen-bond acceptors (Lipinski definition) is 8. The molecule has 2 aromatic rings. The van der Waals surface area contributed by atoms with Gasteiger partial charge in [0.25, 0.3) is 0 Å². The van der Waals surface area contributed by atoms with Crippen LogP contribution in [0.25, 0.3) is 0 Å². The van der Waals surface area contributed by atoms with Gasteiger partial charge in [-0.3, -0.25) is 8.57 Å². The van der Waals surface area contributed by atoms with E-state index >= 15 is 0 Å². The maximum Gasteiger partial charge on any atom is 0.358 e. The lowest BCUT2D eigenvalue weighted by Gasteiger charge is -2.28. The van der Waals surface area contributed by atoms with Gasteiger partial charge in [-0.05, 0) is 63.8 Å². The normalized spacial score (nSPS) is 18.8. The van der Waals surface area contributed by atoms with E-state index in [1.807, 2.05) is 13.8 Å². The first-order valence-corrected chi connectivity index (χ1v) is 16.1. The van der Waals surface area contributed by atoms with Gasteiger partial charge in [-0.15, -0.1) is 0 Å². The summed E-state index contributed by atoms with van der Waals surface area (Å²) in [6.45, 7) is 3.74. The van der Waals surface area contributed by atoms with Crippen molar-refractivity contribution >= 4 is 31.7 Å². The predicted molar refractivity (Wildman–Crippen MR) is 147 cm³/mol. The van der Waals surface area contributed by atoms with Crippen molar-refractivity contribution in [2.75, 3.05) is 0 Å². The fourth-order valence-electron chi connectivity index (χ4n) is 5.09. The van der Waals surface area contributed by atoms with Crippen LogP contribution in [0.3, 0.4) is 0 Å². The molecule has 2 aliphatic carbocycles. The van der Waals surface area contributed by atoms with E-state index in [0.29, 0.717) is 11.4 Å². The second kappa shape index (κ2) is 12.4. The van der Waals surface area contributed by atoms with Crippen LogP contribution in [0.1, 0.15) is 75.3 Å². The first-order chi connectivity index (χ1) is 18.2. The summed E-state index contributed by atoms with van der Waals surface area (Å²) in [7, 11) is -8.33. The number of oxime groups is 2. The maximum atomic E-state index is 13.0. The Kier molecular flexibility index (Phi) is 9.25. The summed E-state index contributed by atoms with van der Waals surface area (Å²) in [6, 6.07) is 12.7. The Morgan fingerprint density at radius 1 is 0.579 bits per heavy atom. The fraction of sp³-hybridized carbons (Fsp3) is 0.500. The Labute approximate surface area is 226 Å². The minimum absolute atomic E-state index is 0.00389. The number of aryl methyl sites for hydroxylation is 2. The third-order valence-corrected chi connectivity index (χ3v) is 9.57. The molecule has 0 amide bonds. The lowest BCUT2D eigenvalue weighted by atomic mass is 9.78. The van der Waals surface area contributed by atoms with Crippen LogP contribution < -0.4 is 0 Å². The standard InChI is InChI=1S/C28H36N2O6S2/c1-21-13-17-25(18-14-21)37(31,32)35-29-27(23-9-5-3-6-10-23)28(24-11-7-4-8-12-24)30-36-38(33,34)26-19-15-22(2)16-20-26/h13-20,23-24H,3-12H2,1-2H3. The van der Waals surface area contributed by atoms with Gasteiger partial charge in [0.2, 0.25) is 0 Å². The van der Waals surface area contributed by atoms with E-state index in [-0.39, 0.29) is 21.6 Å². The van der Waals surface area contributed by atoms with Crippen LogP contribution in [0.4, 0.5) is 0 Å². The SMILES string of the molecule is Cc1ccc(S(=O)(=O)ON=C(C(=NOS(=O)(=O)c2ccc(C)cc2)C2CCCCC2)C2CCCCC2)cc1. The molecule has 38 heavy (non-hydrogen) atoms. The number of rotatable bonds is 9. The summed E-state index contributed by atoms with van der Waals surface area (Å²) in [5.74, 6) is -0.188. The highest BCUT2D eigenvalue weighted by Gasteiger charge is 2.32. The molecule has 0 unspecified atom stereocenters. The summed E-state index contributed by atoms with van der Waals surface area (Å²) < 4.78 is 62.3. The van der Waals surface area contributed by atoms with Crippen LogP contribution in [-0.4, -0.2) is 28.3 Å². The topological polar surface area (TPSA) is 111 Å². The van der Waals surface area contributed by atoms with Crippen molar-refractivity contribution in [2.24, 2.45) is 22.1 Å². The second-order valence-electron chi connectivity index (χ2n) is 10.3. The lowest BCUT2D eigenvalue weighted by molar-refractivity contribution is 0.322. The van der Waals surface area contributed by atoms with Gasteiger partial charge in [0.1, 0.15) is 21.2 Å². The maximum absolute atomic E-state index is 13.0. The van der Waals surface area contributed by atoms with Crippen molar-refractivity contribution < 1.29 is 25.4 Å². The zero-order valence-electron chi connectivity index (χ0n) is 22.0. The first-order valence-electron chi connectivity index (χ1n) is 13.3. The van der Waals surface area contributed by atoms with E-state index in [1.165, 1.54) is 24.3 Å². The second-order valence-corrected chi connectivity index (χ2v) is 13.4. The minimum atomic E-state index is -4.17. The van der Waals surface area contributed by atoms with Gasteiger partial charge in [-0.25, -0.2) is 0 Å². The van der Waals surface area contributed by atoms with Crippen LogP contribution >= 0.6 is 0 Å². The minimum Gasteiger partial charge on any atom is -0.264 e. The quantitative estimate of drug-likeness (QED) is 0.263. The molecule has 2 aliphatic rings. The van der Waals surface area contributed by atoms with Crippen molar-refractivity contribution in [3.63, 3.8) is 0 Å². The predicted octanol–water partition coefficient (Wildman–Crippen LogP) is 6.29. The molecule has 10 heteroatoms. The van der Waals surface area contributed by atoms with Crippen molar-refractivity contribution in [3.05, 3.63) is 59.7 Å². The molecule has 0 aromatic heterocycles. The van der Waals surface area contributed by atoms with Crippen LogP contribution in [0.2, 0.25) is 0 Å². The summed E-state index contributed by atoms with van der Waals surface area (Å²) in [6.07, 6.45) is 9.22. The van der Waals surface area contributed by atoms with Crippen molar-refractivity contribution in [3.8, 4) is 0 Å². The third kappa shape index (κ3) is 7.22. The van der Waals surface area contributed by atoms with E-state index in [4.69, 9.17) is 8.57 Å². The molecule has 0 aliphatic heterocycles. The van der Waals surface area contributed by atoms with Crippen molar-refractivity contribution in [1.82, 2.24) is 0 Å². The summed E-state index contributed by atoms with van der Waals surface area (Å²) in [4.78, 5) is 0.00777. The van der Waals surface area contributed by atoms with Gasteiger partial charge in [-0.1, -0.05) is 84.2 Å². The highest BCUT2D eigenvalue weighted by molar-refractivity contribution is 7.87. The van der Waals surface area contributed by atoms with E-state index in [0.717, 1.165) is 75.3 Å². The fourth-order valence-corrected chi connectivity index (χ4v) is 6.56. The number of benzene rings is 2. The number of nitrogens with zero attached hydrogens (tertiary/aromatic N) is 2. The van der Waals surface area contributed by atoms with Gasteiger partial charge in [-0.2, -0.15) is 16.8 Å². The van der Waals surface area contributed by atoms with E-state index < -0.39 is 20.2 Å². The smallest absolute Gasteiger partial charge is 0.264 e. The molecule has 2 aromatic carbocycles. The molecule has 0 heterocycles. The Morgan fingerprint density at radius 3 is 1.21 bits per heavy atom. The molecule has 2 saturated carbocycles. The average molecular weight is 561 g/mol. The van der Waals surface area contributed by atoms with E-state index in [2.05, 4.69) is 10.3 Å². The molecule has 8 nitrogen and oxygen atoms in total. The molecule has 2 fully saturated rings. The van der Waals surface area contributed by atoms with Crippen LogP contribution in [0, 0.1) is 25.7 Å². The summed E-state index contributed by atoms with van der Waals surface area (Å²) in [5.41, 5.74) is 2.61. The molecule has 4 rings (SSSR count). The number of hydrogen-bond donors (Lipinski definition) is 0. The van der Waals surface area contributed by atoms with Gasteiger partial charge >= 0.3 is 20.2 Å². The van der Waals surface area contributed by atoms with Crippen LogP contribution in [0.5, 0.6) is 0 Å². The Hall–Kier alpha value is -2.72. The van der Waals surface area contributed by atoms with Crippen LogP contribution in [0.15, 0.2) is 68.6 Å². The molecular weight excluding hydrogens is 524 g/mol. The Balaban J connectivity index is 1.71. The average Bonchev–Trinajstić information content (AvgIpc) is 2.92. The zero-order chi connectivity index (χ0) is 27.2. The molecular formula is C28H36N2O6S2. The van der Waals surface area contributed by atoms with Gasteiger partial charge in [0.15, 0.2) is 0 Å². The molecule has 0 N–H and O–H groups in total. The summed E-state index contributed by atoms with van der Waals surface area (Å²) in [5, 5.41) is 8.40. The molecule has 0 spiro atoms. The highest BCUT2D eigenvalue weighted by Crippen LogP contribution is 2.32. The molecule has 0 radical (unpaired) electrons. The molecule has 206 valence electrons. The van der Waals surface area contributed by atoms with Crippen LogP contribution in [-0.2, 0) is 28.8 Å². The molecule has 0 bridgehead atoms. The van der Waals surface area contributed by atoms with E-state index in [9.17, 15) is 16.8 Å². The largest absolute Gasteiger partial charge is 0.358 e. The zero-order valence-corrected chi connectivity index (χ0v) is 23.6. The lowest BCUT2D eigenvalue weighted by Crippen LogP contribution is -2.33. The van der Waals surface area contributed by atoms with Gasteiger partial charge in [0.05, 0.1) is 0 Å². The van der Waals surface area contributed by atoms with Crippen molar-refractivity contribution in [1.29, 1.82) is 0 Å². The first kappa shape index (κ1) is 28.3. The summed E-state index contributed by atoms with van der Waals surface area (Å²) >= 11 is 0. The van der Waals surface area contributed by atoms with Gasteiger partial charge in [0, 0.05) is 11.8 Å². The van der Waals surface area contributed by atoms with Crippen molar-refractivity contribution in [2.45, 2.75) is 87.8 Å². The monoisotopic (exact) mass is 560 g/mol. The molecule has 0 atom stereocenters. The van der Waals surface area contributed by atoms with Gasteiger partial charge < -0.3 is 0 Å². The Morgan fingerprint density at radius 2 is 0.895 bits per heavy atom. The molecule has 0 saturated heterocycles.